The maximum Gasteiger partial charge on any atom is 0.246 e. The zero-order chi connectivity index (χ0) is 7.98. The van der Waals surface area contributed by atoms with Crippen molar-refractivity contribution in [3.05, 3.63) is 12.2 Å². The second-order valence-corrected chi connectivity index (χ2v) is 1.85. The summed E-state index contributed by atoms with van der Waals surface area (Å²) in [4.78, 5) is 12.2. The SMILES string of the molecule is C/C=C/C(=O)N(C)CC#N. The average molecular weight is 138 g/mol. The number of carbonyl (C=O) groups excluding carboxylic acids is 1. The molecule has 0 saturated heterocycles. The van der Waals surface area contributed by atoms with Crippen LogP contribution in [-0.2, 0) is 4.79 Å². The van der Waals surface area contributed by atoms with Gasteiger partial charge in [-0.1, -0.05) is 6.08 Å². The first-order valence-electron chi connectivity index (χ1n) is 2.97. The second kappa shape index (κ2) is 4.57. The molecule has 0 aliphatic rings. The van der Waals surface area contributed by atoms with Crippen LogP contribution in [0.2, 0.25) is 0 Å². The Labute approximate surface area is 60.6 Å². The summed E-state index contributed by atoms with van der Waals surface area (Å²) in [6, 6.07) is 1.88. The van der Waals surface area contributed by atoms with Gasteiger partial charge in [0.1, 0.15) is 6.54 Å². The number of hydrogen-bond donors (Lipinski definition) is 0. The van der Waals surface area contributed by atoms with Gasteiger partial charge in [0.25, 0.3) is 0 Å². The van der Waals surface area contributed by atoms with Crippen LogP contribution < -0.4 is 0 Å². The van der Waals surface area contributed by atoms with E-state index >= 15 is 0 Å². The molecule has 0 aromatic carbocycles. The summed E-state index contributed by atoms with van der Waals surface area (Å²) in [6.07, 6.45) is 3.08. The van der Waals surface area contributed by atoms with Crippen molar-refractivity contribution in [1.29, 1.82) is 5.26 Å². The topological polar surface area (TPSA) is 44.1 Å². The number of carbonyl (C=O) groups is 1. The summed E-state index contributed by atoms with van der Waals surface area (Å²) < 4.78 is 0. The molecular formula is C7H10N2O. The molecule has 0 aliphatic carbocycles. The summed E-state index contributed by atoms with van der Waals surface area (Å²) in [5, 5.41) is 8.19. The summed E-state index contributed by atoms with van der Waals surface area (Å²) in [5.41, 5.74) is 0. The molecule has 0 N–H and O–H groups in total. The number of hydrogen-bond acceptors (Lipinski definition) is 2. The standard InChI is InChI=1S/C7H10N2O/c1-3-4-7(10)9(2)6-5-8/h3-4H,6H2,1-2H3/b4-3+. The lowest BCUT2D eigenvalue weighted by molar-refractivity contribution is -0.124. The largest absolute Gasteiger partial charge is 0.329 e. The highest BCUT2D eigenvalue weighted by molar-refractivity contribution is 5.87. The van der Waals surface area contributed by atoms with E-state index < -0.39 is 0 Å². The third-order valence-electron chi connectivity index (χ3n) is 0.993. The van der Waals surface area contributed by atoms with Crippen LogP contribution in [0.3, 0.4) is 0 Å². The molecular weight excluding hydrogens is 128 g/mol. The first-order valence-corrected chi connectivity index (χ1v) is 2.97. The molecule has 0 heterocycles. The molecule has 0 radical (unpaired) electrons. The van der Waals surface area contributed by atoms with E-state index in [0.717, 1.165) is 0 Å². The molecule has 1 amide bonds. The Bertz CT molecular complexity index is 179. The molecule has 0 saturated carbocycles. The van der Waals surface area contributed by atoms with Crippen molar-refractivity contribution in [2.45, 2.75) is 6.92 Å². The Morgan fingerprint density at radius 2 is 2.40 bits per heavy atom. The molecule has 0 atom stereocenters. The van der Waals surface area contributed by atoms with E-state index in [0.29, 0.717) is 0 Å². The van der Waals surface area contributed by atoms with E-state index in [1.54, 1.807) is 20.0 Å². The lowest BCUT2D eigenvalue weighted by Gasteiger charge is -2.08. The van der Waals surface area contributed by atoms with Gasteiger partial charge in [-0.15, -0.1) is 0 Å². The fourth-order valence-corrected chi connectivity index (χ4v) is 0.454. The Morgan fingerprint density at radius 1 is 1.80 bits per heavy atom. The molecule has 0 bridgehead atoms. The molecule has 0 aliphatic heterocycles. The minimum absolute atomic E-state index is 0.135. The van der Waals surface area contributed by atoms with Crippen molar-refractivity contribution in [2.24, 2.45) is 0 Å². The normalized spacial score (nSPS) is 9.30. The molecule has 3 nitrogen and oxygen atoms in total. The number of likely N-dealkylation sites (N-methyl/N-ethyl adjacent to an activating group) is 1. The van der Waals surface area contributed by atoms with Crippen LogP contribution in [0.4, 0.5) is 0 Å². The van der Waals surface area contributed by atoms with Crippen molar-refractivity contribution in [1.82, 2.24) is 4.90 Å². The van der Waals surface area contributed by atoms with E-state index in [1.165, 1.54) is 11.0 Å². The summed E-state index contributed by atoms with van der Waals surface area (Å²) in [5.74, 6) is -0.135. The number of nitrogens with zero attached hydrogens (tertiary/aromatic N) is 2. The highest BCUT2D eigenvalue weighted by Gasteiger charge is 2.00. The summed E-state index contributed by atoms with van der Waals surface area (Å²) in [6.45, 7) is 1.90. The number of amides is 1. The minimum Gasteiger partial charge on any atom is -0.329 e. The van der Waals surface area contributed by atoms with E-state index in [2.05, 4.69) is 0 Å². The van der Waals surface area contributed by atoms with E-state index in [4.69, 9.17) is 5.26 Å². The molecule has 0 aromatic rings. The van der Waals surface area contributed by atoms with Crippen molar-refractivity contribution < 1.29 is 4.79 Å². The molecule has 0 unspecified atom stereocenters. The fourth-order valence-electron chi connectivity index (χ4n) is 0.454. The van der Waals surface area contributed by atoms with Crippen molar-refractivity contribution in [3.8, 4) is 6.07 Å². The number of nitriles is 1. The van der Waals surface area contributed by atoms with Crippen LogP contribution in [0.15, 0.2) is 12.2 Å². The van der Waals surface area contributed by atoms with Gasteiger partial charge in [0.05, 0.1) is 6.07 Å². The smallest absolute Gasteiger partial charge is 0.246 e. The molecule has 0 aromatic heterocycles. The van der Waals surface area contributed by atoms with E-state index in [-0.39, 0.29) is 12.5 Å². The average Bonchev–Trinajstić information content (AvgIpc) is 1.89. The Hall–Kier alpha value is -1.30. The predicted octanol–water partition coefficient (Wildman–Crippen LogP) is 0.544. The van der Waals surface area contributed by atoms with E-state index in [9.17, 15) is 4.79 Å². The van der Waals surface area contributed by atoms with Gasteiger partial charge >= 0.3 is 0 Å². The number of rotatable bonds is 2. The van der Waals surface area contributed by atoms with Crippen LogP contribution >= 0.6 is 0 Å². The van der Waals surface area contributed by atoms with Crippen molar-refractivity contribution >= 4 is 5.91 Å². The highest BCUT2D eigenvalue weighted by Crippen LogP contribution is 1.84. The zero-order valence-electron chi connectivity index (χ0n) is 6.16. The van der Waals surface area contributed by atoms with Gasteiger partial charge in [-0.05, 0) is 13.0 Å². The Kier molecular flexibility index (Phi) is 3.97. The van der Waals surface area contributed by atoms with Gasteiger partial charge in [0, 0.05) is 7.05 Å². The fraction of sp³-hybridized carbons (Fsp3) is 0.429. The highest BCUT2D eigenvalue weighted by atomic mass is 16.2. The lowest BCUT2D eigenvalue weighted by Crippen LogP contribution is -2.24. The second-order valence-electron chi connectivity index (χ2n) is 1.85. The first kappa shape index (κ1) is 8.70. The summed E-state index contributed by atoms with van der Waals surface area (Å²) in [7, 11) is 1.59. The zero-order valence-corrected chi connectivity index (χ0v) is 6.16. The monoisotopic (exact) mass is 138 g/mol. The molecule has 0 fully saturated rings. The third kappa shape index (κ3) is 2.88. The summed E-state index contributed by atoms with van der Waals surface area (Å²) >= 11 is 0. The minimum atomic E-state index is -0.135. The molecule has 3 heteroatoms. The Balaban J connectivity index is 3.85. The van der Waals surface area contributed by atoms with Crippen LogP contribution in [0.1, 0.15) is 6.92 Å². The molecule has 10 heavy (non-hydrogen) atoms. The maximum atomic E-state index is 10.8. The molecule has 54 valence electrons. The van der Waals surface area contributed by atoms with Crippen LogP contribution in [0.5, 0.6) is 0 Å². The van der Waals surface area contributed by atoms with Gasteiger partial charge in [-0.2, -0.15) is 5.26 Å². The molecule has 0 spiro atoms. The van der Waals surface area contributed by atoms with Crippen molar-refractivity contribution in [3.63, 3.8) is 0 Å². The van der Waals surface area contributed by atoms with Crippen LogP contribution in [0, 0.1) is 11.3 Å². The van der Waals surface area contributed by atoms with Crippen LogP contribution in [0.25, 0.3) is 0 Å². The van der Waals surface area contributed by atoms with E-state index in [1.807, 2.05) is 6.07 Å². The lowest BCUT2D eigenvalue weighted by atomic mass is 10.4. The predicted molar refractivity (Wildman–Crippen MR) is 38.1 cm³/mol. The van der Waals surface area contributed by atoms with Gasteiger partial charge < -0.3 is 4.90 Å². The van der Waals surface area contributed by atoms with Gasteiger partial charge in [-0.3, -0.25) is 4.79 Å². The van der Waals surface area contributed by atoms with Gasteiger partial charge in [0.2, 0.25) is 5.91 Å². The quantitative estimate of drug-likeness (QED) is 0.413. The van der Waals surface area contributed by atoms with Crippen molar-refractivity contribution in [2.75, 3.05) is 13.6 Å². The van der Waals surface area contributed by atoms with Gasteiger partial charge in [0.15, 0.2) is 0 Å². The Morgan fingerprint density at radius 3 is 2.80 bits per heavy atom. The third-order valence-corrected chi connectivity index (χ3v) is 0.993. The van der Waals surface area contributed by atoms with Crippen LogP contribution in [-0.4, -0.2) is 24.4 Å². The van der Waals surface area contributed by atoms with Gasteiger partial charge in [-0.25, -0.2) is 0 Å². The first-order chi connectivity index (χ1) is 4.72. The maximum absolute atomic E-state index is 10.8. The number of allylic oxidation sites excluding steroid dienone is 1. The molecule has 0 rings (SSSR count).